The van der Waals surface area contributed by atoms with Gasteiger partial charge in [-0.1, -0.05) is 24.3 Å². The van der Waals surface area contributed by atoms with Crippen LogP contribution in [0.25, 0.3) is 10.9 Å². The lowest BCUT2D eigenvalue weighted by Crippen LogP contribution is -2.44. The lowest BCUT2D eigenvalue weighted by Gasteiger charge is -2.37. The average molecular weight is 477 g/mol. The Morgan fingerprint density at radius 2 is 2.06 bits per heavy atom. The van der Waals surface area contributed by atoms with Crippen LogP contribution in [0.15, 0.2) is 54.7 Å². The number of carbonyl (C=O) groups is 1. The van der Waals surface area contributed by atoms with Crippen molar-refractivity contribution in [1.29, 1.82) is 0 Å². The van der Waals surface area contributed by atoms with Crippen molar-refractivity contribution in [1.82, 2.24) is 9.88 Å². The van der Waals surface area contributed by atoms with Crippen molar-refractivity contribution >= 4 is 16.9 Å². The molecule has 3 unspecified atom stereocenters. The molecule has 2 N–H and O–H groups in total. The maximum atomic E-state index is 12.1. The van der Waals surface area contributed by atoms with Crippen molar-refractivity contribution in [2.24, 2.45) is 11.8 Å². The molecule has 0 saturated carbocycles. The zero-order valence-corrected chi connectivity index (χ0v) is 20.7. The molecular formula is C29H36N2O4. The number of aliphatic hydroxyl groups excluding tert-OH is 1. The van der Waals surface area contributed by atoms with E-state index in [0.29, 0.717) is 19.4 Å². The first-order valence-corrected chi connectivity index (χ1v) is 12.6. The fraction of sp³-hybridized carbons (Fsp3) is 0.448. The molecule has 0 spiro atoms. The normalized spacial score (nSPS) is 19.5. The molecule has 3 aromatic rings. The van der Waals surface area contributed by atoms with Gasteiger partial charge in [0.05, 0.1) is 24.6 Å². The molecule has 1 aliphatic rings. The number of ether oxygens (including phenoxy) is 1. The highest BCUT2D eigenvalue weighted by Crippen LogP contribution is 2.33. The minimum atomic E-state index is -0.729. The lowest BCUT2D eigenvalue weighted by molar-refractivity contribution is -0.146. The van der Waals surface area contributed by atoms with Crippen LogP contribution in [0.4, 0.5) is 0 Å². The molecule has 35 heavy (non-hydrogen) atoms. The highest BCUT2D eigenvalue weighted by Gasteiger charge is 2.34. The summed E-state index contributed by atoms with van der Waals surface area (Å²) in [5.41, 5.74) is 4.31. The first kappa shape index (κ1) is 25.1. The smallest absolute Gasteiger partial charge is 0.308 e. The standard InChI is InChI=1S/C29H36N2O4/c1-20-6-3-4-7-21(20)8-5-16-31-17-14-22(26(19-31)29(33)34)9-12-28(32)24-13-15-30-27-11-10-23(35-2)18-25(24)27/h3-4,6-7,10-11,13,15,18,22,26,28,32H,5,8-9,12,14,16-17,19H2,1-2H3,(H,33,34). The molecule has 1 aliphatic heterocycles. The number of hydrogen-bond donors (Lipinski definition) is 2. The number of aromatic nitrogens is 1. The molecule has 0 bridgehead atoms. The van der Waals surface area contributed by atoms with Gasteiger partial charge in [0.15, 0.2) is 0 Å². The predicted molar refractivity (Wildman–Crippen MR) is 138 cm³/mol. The number of aliphatic hydroxyl groups is 1. The monoisotopic (exact) mass is 476 g/mol. The summed E-state index contributed by atoms with van der Waals surface area (Å²) in [6.45, 7) is 4.55. The highest BCUT2D eigenvalue weighted by molar-refractivity contribution is 5.83. The second kappa shape index (κ2) is 11.6. The Labute approximate surface area is 207 Å². The van der Waals surface area contributed by atoms with E-state index >= 15 is 0 Å². The van der Waals surface area contributed by atoms with E-state index in [0.717, 1.165) is 54.6 Å². The number of aliphatic carboxylic acids is 1. The van der Waals surface area contributed by atoms with E-state index in [1.807, 2.05) is 24.3 Å². The van der Waals surface area contributed by atoms with Crippen LogP contribution < -0.4 is 4.74 Å². The number of rotatable bonds is 10. The second-order valence-electron chi connectivity index (χ2n) is 9.70. The molecule has 2 heterocycles. The van der Waals surface area contributed by atoms with Crippen LogP contribution in [0.5, 0.6) is 5.75 Å². The summed E-state index contributed by atoms with van der Waals surface area (Å²) < 4.78 is 5.34. The SMILES string of the molecule is COc1ccc2nccc(C(O)CCC3CCN(CCCc4ccccc4C)CC3C(=O)O)c2c1. The third kappa shape index (κ3) is 6.19. The van der Waals surface area contributed by atoms with Crippen LogP contribution in [-0.4, -0.2) is 52.8 Å². The Balaban J connectivity index is 1.34. The number of likely N-dealkylation sites (tertiary alicyclic amines) is 1. The minimum absolute atomic E-state index is 0.0670. The minimum Gasteiger partial charge on any atom is -0.497 e. The number of methoxy groups -OCH3 is 1. The summed E-state index contributed by atoms with van der Waals surface area (Å²) in [5.74, 6) is -0.340. The molecule has 186 valence electrons. The van der Waals surface area contributed by atoms with E-state index in [2.05, 4.69) is 41.1 Å². The number of nitrogens with zero attached hydrogens (tertiary/aromatic N) is 2. The van der Waals surface area contributed by atoms with E-state index in [1.165, 1.54) is 11.1 Å². The van der Waals surface area contributed by atoms with Crippen molar-refractivity contribution in [3.05, 3.63) is 71.4 Å². The van der Waals surface area contributed by atoms with Crippen molar-refractivity contribution in [3.63, 3.8) is 0 Å². The number of aryl methyl sites for hydroxylation is 2. The van der Waals surface area contributed by atoms with Gasteiger partial charge in [-0.05, 0) is 99.0 Å². The van der Waals surface area contributed by atoms with Gasteiger partial charge in [0.25, 0.3) is 0 Å². The van der Waals surface area contributed by atoms with Crippen LogP contribution in [0.3, 0.4) is 0 Å². The summed E-state index contributed by atoms with van der Waals surface area (Å²) in [5, 5.41) is 21.8. The van der Waals surface area contributed by atoms with Gasteiger partial charge in [-0.25, -0.2) is 0 Å². The Morgan fingerprint density at radius 1 is 1.23 bits per heavy atom. The van der Waals surface area contributed by atoms with Gasteiger partial charge in [-0.15, -0.1) is 0 Å². The molecule has 3 atom stereocenters. The fourth-order valence-corrected chi connectivity index (χ4v) is 5.37. The van der Waals surface area contributed by atoms with E-state index in [1.54, 1.807) is 13.3 Å². The Bertz CT molecular complexity index is 1150. The molecule has 6 heteroatoms. The van der Waals surface area contributed by atoms with Gasteiger partial charge in [-0.3, -0.25) is 9.78 Å². The third-order valence-corrected chi connectivity index (χ3v) is 7.49. The number of pyridine rings is 1. The molecule has 0 radical (unpaired) electrons. The summed E-state index contributed by atoms with van der Waals surface area (Å²) >= 11 is 0. The summed E-state index contributed by atoms with van der Waals surface area (Å²) in [7, 11) is 1.62. The van der Waals surface area contributed by atoms with E-state index in [9.17, 15) is 15.0 Å². The van der Waals surface area contributed by atoms with Crippen molar-refractivity contribution in [3.8, 4) is 5.75 Å². The zero-order valence-electron chi connectivity index (χ0n) is 20.7. The number of carboxylic acids is 1. The third-order valence-electron chi connectivity index (χ3n) is 7.49. The van der Waals surface area contributed by atoms with Crippen molar-refractivity contribution in [2.75, 3.05) is 26.7 Å². The van der Waals surface area contributed by atoms with Crippen LogP contribution in [0, 0.1) is 18.8 Å². The van der Waals surface area contributed by atoms with Crippen LogP contribution in [-0.2, 0) is 11.2 Å². The fourth-order valence-electron chi connectivity index (χ4n) is 5.37. The maximum Gasteiger partial charge on any atom is 0.308 e. The predicted octanol–water partition coefficient (Wildman–Crippen LogP) is 5.02. The topological polar surface area (TPSA) is 82.9 Å². The quantitative estimate of drug-likeness (QED) is 0.428. The molecule has 4 rings (SSSR count). The summed E-state index contributed by atoms with van der Waals surface area (Å²) in [6, 6.07) is 15.9. The van der Waals surface area contributed by atoms with Crippen LogP contribution in [0.1, 0.15) is 48.5 Å². The first-order valence-electron chi connectivity index (χ1n) is 12.6. The number of carboxylic acid groups (broad SMARTS) is 1. The average Bonchev–Trinajstić information content (AvgIpc) is 2.88. The van der Waals surface area contributed by atoms with E-state index < -0.39 is 18.0 Å². The maximum absolute atomic E-state index is 12.1. The zero-order chi connectivity index (χ0) is 24.8. The molecular weight excluding hydrogens is 440 g/mol. The van der Waals surface area contributed by atoms with Gasteiger partial charge in [0, 0.05) is 18.1 Å². The number of piperidine rings is 1. The molecule has 1 fully saturated rings. The second-order valence-corrected chi connectivity index (χ2v) is 9.70. The summed E-state index contributed by atoms with van der Waals surface area (Å²) in [6.07, 6.45) is 5.14. The Morgan fingerprint density at radius 3 is 2.83 bits per heavy atom. The van der Waals surface area contributed by atoms with Gasteiger partial charge >= 0.3 is 5.97 Å². The number of benzene rings is 2. The van der Waals surface area contributed by atoms with Crippen LogP contribution >= 0.6 is 0 Å². The lowest BCUT2D eigenvalue weighted by atomic mass is 9.81. The van der Waals surface area contributed by atoms with Gasteiger partial charge in [0.2, 0.25) is 0 Å². The van der Waals surface area contributed by atoms with E-state index in [-0.39, 0.29) is 5.92 Å². The Kier molecular flexibility index (Phi) is 8.37. The molecule has 6 nitrogen and oxygen atoms in total. The molecule has 1 aromatic heterocycles. The highest BCUT2D eigenvalue weighted by atomic mass is 16.5. The van der Waals surface area contributed by atoms with Crippen molar-refractivity contribution in [2.45, 2.75) is 45.1 Å². The first-order chi connectivity index (χ1) is 17.0. The number of hydrogen-bond acceptors (Lipinski definition) is 5. The van der Waals surface area contributed by atoms with Crippen LogP contribution in [0.2, 0.25) is 0 Å². The number of fused-ring (bicyclic) bond motifs is 1. The largest absolute Gasteiger partial charge is 0.497 e. The molecule has 2 aromatic carbocycles. The van der Waals surface area contributed by atoms with E-state index in [4.69, 9.17) is 4.74 Å². The van der Waals surface area contributed by atoms with Gasteiger partial charge in [0.1, 0.15) is 5.75 Å². The summed E-state index contributed by atoms with van der Waals surface area (Å²) in [4.78, 5) is 18.8. The van der Waals surface area contributed by atoms with Crippen molar-refractivity contribution < 1.29 is 19.7 Å². The Hall–Kier alpha value is -2.96. The molecule has 1 saturated heterocycles. The molecule has 0 aliphatic carbocycles. The van der Waals surface area contributed by atoms with Gasteiger partial charge < -0.3 is 19.8 Å². The van der Waals surface area contributed by atoms with Gasteiger partial charge in [-0.2, -0.15) is 0 Å². The molecule has 0 amide bonds.